The summed E-state index contributed by atoms with van der Waals surface area (Å²) in [6.45, 7) is 3.70. The molecule has 0 radical (unpaired) electrons. The van der Waals surface area contributed by atoms with Crippen LogP contribution in [0.1, 0.15) is 32.3 Å². The van der Waals surface area contributed by atoms with Crippen LogP contribution in [0.2, 0.25) is 0 Å². The number of amides is 2. The van der Waals surface area contributed by atoms with Crippen LogP contribution in [0.15, 0.2) is 28.7 Å². The van der Waals surface area contributed by atoms with Gasteiger partial charge >= 0.3 is 0 Å². The predicted molar refractivity (Wildman–Crippen MR) is 92.6 cm³/mol. The topological polar surface area (TPSA) is 89.3 Å². The quantitative estimate of drug-likeness (QED) is 0.685. The van der Waals surface area contributed by atoms with E-state index in [-0.39, 0.29) is 30.6 Å². The van der Waals surface area contributed by atoms with Crippen LogP contribution >= 0.6 is 15.9 Å². The number of ketones is 1. The van der Waals surface area contributed by atoms with Crippen LogP contribution in [0.25, 0.3) is 0 Å². The molecule has 5 nitrogen and oxygen atoms in total. The minimum atomic E-state index is -0.595. The third-order valence-electron chi connectivity index (χ3n) is 3.87. The van der Waals surface area contributed by atoms with Gasteiger partial charge in [-0.2, -0.15) is 0 Å². The van der Waals surface area contributed by atoms with Crippen molar-refractivity contribution in [3.63, 3.8) is 0 Å². The molecule has 0 aliphatic carbocycles. The van der Waals surface area contributed by atoms with Gasteiger partial charge in [0.2, 0.25) is 11.8 Å². The number of carbonyl (C=O) groups is 3. The maximum atomic E-state index is 12.3. The lowest BCUT2D eigenvalue weighted by Crippen LogP contribution is -2.40. The van der Waals surface area contributed by atoms with Crippen LogP contribution in [0, 0.1) is 11.8 Å². The van der Waals surface area contributed by atoms with E-state index in [1.807, 2.05) is 38.1 Å². The van der Waals surface area contributed by atoms with Gasteiger partial charge in [0.15, 0.2) is 0 Å². The molecule has 0 heterocycles. The minimum absolute atomic E-state index is 0.00634. The molecule has 0 unspecified atom stereocenters. The van der Waals surface area contributed by atoms with E-state index in [1.54, 1.807) is 0 Å². The van der Waals surface area contributed by atoms with E-state index in [1.165, 1.54) is 0 Å². The first-order valence-electron chi connectivity index (χ1n) is 7.65. The normalized spacial score (nSPS) is 13.2. The number of hydrogen-bond donors (Lipinski definition) is 2. The van der Waals surface area contributed by atoms with E-state index in [0.29, 0.717) is 6.42 Å². The molecule has 1 rings (SSSR count). The van der Waals surface area contributed by atoms with Gasteiger partial charge in [-0.15, -0.1) is 0 Å². The predicted octanol–water partition coefficient (Wildman–Crippen LogP) is 2.21. The van der Waals surface area contributed by atoms with Crippen molar-refractivity contribution in [3.8, 4) is 0 Å². The lowest BCUT2D eigenvalue weighted by atomic mass is 9.85. The maximum absolute atomic E-state index is 12.3. The first-order chi connectivity index (χ1) is 10.8. The van der Waals surface area contributed by atoms with Crippen LogP contribution in [-0.4, -0.2) is 24.1 Å². The molecule has 3 N–H and O–H groups in total. The van der Waals surface area contributed by atoms with Crippen LogP contribution < -0.4 is 11.1 Å². The van der Waals surface area contributed by atoms with E-state index < -0.39 is 11.8 Å². The standard InChI is InChI=1S/C17H23BrN2O3/c1-3-11(2)15(17(23)20-10-16(19)22)9-14(21)8-12-4-6-13(18)7-5-12/h4-7,11,15H,3,8-10H2,1-2H3,(H2,19,22)(H,20,23)/t11-,15-/m0/s1. The van der Waals surface area contributed by atoms with Gasteiger partial charge in [-0.25, -0.2) is 0 Å². The molecule has 2 atom stereocenters. The average molecular weight is 383 g/mol. The monoisotopic (exact) mass is 382 g/mol. The molecule has 0 aromatic heterocycles. The Kier molecular flexibility index (Phi) is 7.95. The van der Waals surface area contributed by atoms with Gasteiger partial charge in [0, 0.05) is 23.2 Å². The van der Waals surface area contributed by atoms with Crippen molar-refractivity contribution in [2.24, 2.45) is 17.6 Å². The molecule has 0 aliphatic heterocycles. The Morgan fingerprint density at radius 3 is 2.35 bits per heavy atom. The lowest BCUT2D eigenvalue weighted by molar-refractivity contribution is -0.132. The Labute approximate surface area is 145 Å². The van der Waals surface area contributed by atoms with Crippen molar-refractivity contribution in [1.82, 2.24) is 5.32 Å². The third-order valence-corrected chi connectivity index (χ3v) is 4.40. The number of carbonyl (C=O) groups excluding carboxylic acids is 3. The molecule has 0 fully saturated rings. The highest BCUT2D eigenvalue weighted by Gasteiger charge is 2.26. The summed E-state index contributed by atoms with van der Waals surface area (Å²) in [7, 11) is 0. The van der Waals surface area contributed by atoms with Crippen molar-refractivity contribution in [2.45, 2.75) is 33.1 Å². The molecular formula is C17H23BrN2O3. The minimum Gasteiger partial charge on any atom is -0.368 e. The van der Waals surface area contributed by atoms with Crippen molar-refractivity contribution < 1.29 is 14.4 Å². The Hall–Kier alpha value is -1.69. The second kappa shape index (κ2) is 9.45. The van der Waals surface area contributed by atoms with Gasteiger partial charge in [0.05, 0.1) is 6.54 Å². The average Bonchev–Trinajstić information content (AvgIpc) is 2.51. The Morgan fingerprint density at radius 1 is 1.22 bits per heavy atom. The van der Waals surface area contributed by atoms with Crippen molar-refractivity contribution in [1.29, 1.82) is 0 Å². The third kappa shape index (κ3) is 6.95. The summed E-state index contributed by atoms with van der Waals surface area (Å²) < 4.78 is 0.956. The van der Waals surface area contributed by atoms with Gasteiger partial charge in [0.1, 0.15) is 5.78 Å². The molecule has 1 aromatic carbocycles. The molecule has 0 saturated heterocycles. The van der Waals surface area contributed by atoms with Crippen molar-refractivity contribution in [2.75, 3.05) is 6.54 Å². The molecular weight excluding hydrogens is 360 g/mol. The summed E-state index contributed by atoms with van der Waals surface area (Å²) in [5.41, 5.74) is 5.96. The summed E-state index contributed by atoms with van der Waals surface area (Å²) in [6, 6.07) is 7.53. The van der Waals surface area contributed by atoms with E-state index in [9.17, 15) is 14.4 Å². The molecule has 0 spiro atoms. The number of Topliss-reactive ketones (excluding diaryl/α,β-unsaturated/α-hetero) is 1. The lowest BCUT2D eigenvalue weighted by Gasteiger charge is -2.21. The van der Waals surface area contributed by atoms with Crippen LogP contribution in [0.5, 0.6) is 0 Å². The fourth-order valence-electron chi connectivity index (χ4n) is 2.29. The zero-order valence-corrected chi connectivity index (χ0v) is 15.1. The smallest absolute Gasteiger partial charge is 0.236 e. The Bertz CT molecular complexity index is 557. The zero-order valence-electron chi connectivity index (χ0n) is 13.5. The number of halogens is 1. The number of primary amides is 1. The fraction of sp³-hybridized carbons (Fsp3) is 0.471. The van der Waals surface area contributed by atoms with Gasteiger partial charge in [0.25, 0.3) is 0 Å². The summed E-state index contributed by atoms with van der Waals surface area (Å²) in [5.74, 6) is -1.27. The highest BCUT2D eigenvalue weighted by molar-refractivity contribution is 9.10. The molecule has 1 aromatic rings. The highest BCUT2D eigenvalue weighted by Crippen LogP contribution is 2.21. The zero-order chi connectivity index (χ0) is 17.4. The summed E-state index contributed by atoms with van der Waals surface area (Å²) in [4.78, 5) is 35.3. The fourth-order valence-corrected chi connectivity index (χ4v) is 2.55. The summed E-state index contributed by atoms with van der Waals surface area (Å²) in [5, 5.41) is 2.50. The van der Waals surface area contributed by atoms with Gasteiger partial charge in [-0.05, 0) is 23.6 Å². The maximum Gasteiger partial charge on any atom is 0.236 e. The van der Waals surface area contributed by atoms with Gasteiger partial charge < -0.3 is 11.1 Å². The number of hydrogen-bond acceptors (Lipinski definition) is 3. The number of rotatable bonds is 9. The number of nitrogens with two attached hydrogens (primary N) is 1. The van der Waals surface area contributed by atoms with E-state index in [4.69, 9.17) is 5.73 Å². The molecule has 0 saturated carbocycles. The Morgan fingerprint density at radius 2 is 1.83 bits per heavy atom. The molecule has 126 valence electrons. The SMILES string of the molecule is CC[C@H](C)[C@H](CC(=O)Cc1ccc(Br)cc1)C(=O)NCC(N)=O. The van der Waals surface area contributed by atoms with E-state index in [0.717, 1.165) is 16.5 Å². The second-order valence-electron chi connectivity index (χ2n) is 5.72. The second-order valence-corrected chi connectivity index (χ2v) is 6.64. The first kappa shape index (κ1) is 19.4. The largest absolute Gasteiger partial charge is 0.368 e. The van der Waals surface area contributed by atoms with Crippen molar-refractivity contribution >= 4 is 33.5 Å². The summed E-state index contributed by atoms with van der Waals surface area (Å²) >= 11 is 3.35. The van der Waals surface area contributed by atoms with Crippen LogP contribution in [-0.2, 0) is 20.8 Å². The van der Waals surface area contributed by atoms with Crippen LogP contribution in [0.4, 0.5) is 0 Å². The highest BCUT2D eigenvalue weighted by atomic mass is 79.9. The molecule has 23 heavy (non-hydrogen) atoms. The molecule has 0 bridgehead atoms. The number of benzene rings is 1. The van der Waals surface area contributed by atoms with E-state index in [2.05, 4.69) is 21.2 Å². The summed E-state index contributed by atoms with van der Waals surface area (Å²) in [6.07, 6.45) is 1.24. The van der Waals surface area contributed by atoms with E-state index >= 15 is 0 Å². The van der Waals surface area contributed by atoms with Gasteiger partial charge in [-0.3, -0.25) is 14.4 Å². The first-order valence-corrected chi connectivity index (χ1v) is 8.45. The number of nitrogens with one attached hydrogen (secondary N) is 1. The van der Waals surface area contributed by atoms with Crippen molar-refractivity contribution in [3.05, 3.63) is 34.3 Å². The molecule has 6 heteroatoms. The molecule has 0 aliphatic rings. The Balaban J connectivity index is 2.68. The van der Waals surface area contributed by atoms with Gasteiger partial charge in [-0.1, -0.05) is 48.3 Å². The molecule has 2 amide bonds. The van der Waals surface area contributed by atoms with Crippen LogP contribution in [0.3, 0.4) is 0 Å².